The Labute approximate surface area is 124 Å². The summed E-state index contributed by atoms with van der Waals surface area (Å²) in [5, 5.41) is 0.376. The lowest BCUT2D eigenvalue weighted by Gasteiger charge is -2.08. The molecule has 3 nitrogen and oxygen atoms in total. The maximum Gasteiger partial charge on any atom is 0.180 e. The molecule has 0 atom stereocenters. The van der Waals surface area contributed by atoms with E-state index in [2.05, 4.69) is 0 Å². The van der Waals surface area contributed by atoms with E-state index in [0.717, 1.165) is 12.0 Å². The lowest BCUT2D eigenvalue weighted by Crippen LogP contribution is -2.10. The molecule has 2 aromatic carbocycles. The van der Waals surface area contributed by atoms with E-state index < -0.39 is 9.84 Å². The summed E-state index contributed by atoms with van der Waals surface area (Å²) in [6.07, 6.45) is 1.28. The van der Waals surface area contributed by atoms with Gasteiger partial charge in [-0.2, -0.15) is 0 Å². The Morgan fingerprint density at radius 3 is 2.45 bits per heavy atom. The highest BCUT2D eigenvalue weighted by Gasteiger charge is 2.17. The van der Waals surface area contributed by atoms with Gasteiger partial charge in [0, 0.05) is 5.02 Å². The maximum absolute atomic E-state index is 12.3. The monoisotopic (exact) mass is 309 g/mol. The standard InChI is InChI=1S/C15H16ClNO2S/c16-13-8-9-14(17)15(11-13)20(18,19)10-4-7-12-5-2-1-3-6-12/h1-3,5-6,8-9,11H,4,7,10,17H2. The van der Waals surface area contributed by atoms with Crippen molar-refractivity contribution in [3.8, 4) is 0 Å². The van der Waals surface area contributed by atoms with E-state index in [9.17, 15) is 8.42 Å². The number of benzene rings is 2. The Bertz CT molecular complexity index is 684. The molecule has 0 fully saturated rings. The molecule has 2 N–H and O–H groups in total. The van der Waals surface area contributed by atoms with Crippen molar-refractivity contribution in [2.24, 2.45) is 0 Å². The first kappa shape index (κ1) is 14.9. The number of rotatable bonds is 5. The zero-order valence-electron chi connectivity index (χ0n) is 10.9. The van der Waals surface area contributed by atoms with Gasteiger partial charge in [-0.3, -0.25) is 0 Å². The molecular weight excluding hydrogens is 294 g/mol. The van der Waals surface area contributed by atoms with Crippen LogP contribution in [0.3, 0.4) is 0 Å². The predicted octanol–water partition coefficient (Wildman–Crippen LogP) is 3.33. The van der Waals surface area contributed by atoms with Gasteiger partial charge in [0.25, 0.3) is 0 Å². The van der Waals surface area contributed by atoms with Crippen molar-refractivity contribution in [1.82, 2.24) is 0 Å². The van der Waals surface area contributed by atoms with E-state index in [1.54, 1.807) is 6.07 Å². The van der Waals surface area contributed by atoms with E-state index >= 15 is 0 Å². The normalized spacial score (nSPS) is 11.4. The zero-order valence-corrected chi connectivity index (χ0v) is 12.5. The Hall–Kier alpha value is -1.52. The highest BCUT2D eigenvalue weighted by atomic mass is 35.5. The third kappa shape index (κ3) is 3.74. The van der Waals surface area contributed by atoms with E-state index in [0.29, 0.717) is 11.4 Å². The van der Waals surface area contributed by atoms with Crippen LogP contribution in [-0.2, 0) is 16.3 Å². The number of halogens is 1. The molecule has 0 aromatic heterocycles. The summed E-state index contributed by atoms with van der Waals surface area (Å²) in [4.78, 5) is 0.123. The van der Waals surface area contributed by atoms with Crippen LogP contribution in [0.25, 0.3) is 0 Å². The van der Waals surface area contributed by atoms with Crippen LogP contribution in [0.4, 0.5) is 5.69 Å². The summed E-state index contributed by atoms with van der Waals surface area (Å²) in [5.41, 5.74) is 7.09. The van der Waals surface area contributed by atoms with E-state index in [4.69, 9.17) is 17.3 Å². The van der Waals surface area contributed by atoms with Gasteiger partial charge in [-0.15, -0.1) is 0 Å². The highest BCUT2D eigenvalue weighted by Crippen LogP contribution is 2.24. The van der Waals surface area contributed by atoms with Crippen molar-refractivity contribution >= 4 is 27.1 Å². The fraction of sp³-hybridized carbons (Fsp3) is 0.200. The van der Waals surface area contributed by atoms with Crippen LogP contribution in [0.1, 0.15) is 12.0 Å². The minimum atomic E-state index is -3.39. The van der Waals surface area contributed by atoms with E-state index in [1.165, 1.54) is 12.1 Å². The predicted molar refractivity (Wildman–Crippen MR) is 82.7 cm³/mol. The van der Waals surface area contributed by atoms with Crippen LogP contribution in [0.2, 0.25) is 5.02 Å². The quantitative estimate of drug-likeness (QED) is 0.862. The molecule has 20 heavy (non-hydrogen) atoms. The first-order valence-corrected chi connectivity index (χ1v) is 8.34. The summed E-state index contributed by atoms with van der Waals surface area (Å²) in [5.74, 6) is 0.0619. The largest absolute Gasteiger partial charge is 0.398 e. The topological polar surface area (TPSA) is 60.2 Å². The lowest BCUT2D eigenvalue weighted by molar-refractivity contribution is 0.593. The minimum Gasteiger partial charge on any atom is -0.398 e. The molecule has 5 heteroatoms. The van der Waals surface area contributed by atoms with Gasteiger partial charge >= 0.3 is 0 Å². The van der Waals surface area contributed by atoms with Crippen LogP contribution in [0.15, 0.2) is 53.4 Å². The summed E-state index contributed by atoms with van der Waals surface area (Å²) in [6.45, 7) is 0. The van der Waals surface area contributed by atoms with Crippen LogP contribution in [0, 0.1) is 0 Å². The number of hydrogen-bond acceptors (Lipinski definition) is 3. The third-order valence-corrected chi connectivity index (χ3v) is 5.12. The molecular formula is C15H16ClNO2S. The molecule has 0 unspecified atom stereocenters. The van der Waals surface area contributed by atoms with E-state index in [1.807, 2.05) is 30.3 Å². The zero-order chi connectivity index (χ0) is 14.6. The minimum absolute atomic E-state index is 0.0619. The molecule has 0 heterocycles. The average molecular weight is 310 g/mol. The second-order valence-electron chi connectivity index (χ2n) is 4.59. The lowest BCUT2D eigenvalue weighted by atomic mass is 10.1. The molecule has 0 bridgehead atoms. The average Bonchev–Trinajstić information content (AvgIpc) is 2.42. The molecule has 0 aliphatic heterocycles. The molecule has 0 saturated heterocycles. The summed E-state index contributed by atoms with van der Waals surface area (Å²) in [7, 11) is -3.39. The van der Waals surface area contributed by atoms with Crippen LogP contribution in [0.5, 0.6) is 0 Å². The number of sulfone groups is 1. The van der Waals surface area contributed by atoms with Crippen molar-refractivity contribution in [1.29, 1.82) is 0 Å². The second-order valence-corrected chi connectivity index (χ2v) is 7.10. The Balaban J connectivity index is 2.06. The third-order valence-electron chi connectivity index (χ3n) is 3.03. The fourth-order valence-corrected chi connectivity index (χ4v) is 3.71. The second kappa shape index (κ2) is 6.29. The van der Waals surface area contributed by atoms with Crippen molar-refractivity contribution in [2.75, 3.05) is 11.5 Å². The molecule has 0 aliphatic carbocycles. The maximum atomic E-state index is 12.3. The van der Waals surface area contributed by atoms with Crippen LogP contribution < -0.4 is 5.73 Å². The highest BCUT2D eigenvalue weighted by molar-refractivity contribution is 7.91. The molecule has 0 saturated carbocycles. The fourth-order valence-electron chi connectivity index (χ4n) is 2.00. The first-order valence-electron chi connectivity index (χ1n) is 6.31. The SMILES string of the molecule is Nc1ccc(Cl)cc1S(=O)(=O)CCCc1ccccc1. The first-order chi connectivity index (χ1) is 9.49. The Morgan fingerprint density at radius 2 is 1.75 bits per heavy atom. The smallest absolute Gasteiger partial charge is 0.180 e. The van der Waals surface area contributed by atoms with E-state index in [-0.39, 0.29) is 16.3 Å². The van der Waals surface area contributed by atoms with Gasteiger partial charge < -0.3 is 5.73 Å². The summed E-state index contributed by atoms with van der Waals surface area (Å²) >= 11 is 5.83. The number of hydrogen-bond donors (Lipinski definition) is 1. The molecule has 2 rings (SSSR count). The number of nitrogens with two attached hydrogens (primary N) is 1. The van der Waals surface area contributed by atoms with Gasteiger partial charge in [0.1, 0.15) is 0 Å². The number of anilines is 1. The van der Waals surface area contributed by atoms with Crippen LogP contribution >= 0.6 is 11.6 Å². The number of aryl methyl sites for hydroxylation is 1. The van der Waals surface area contributed by atoms with Crippen LogP contribution in [-0.4, -0.2) is 14.2 Å². The van der Waals surface area contributed by atoms with Crippen molar-refractivity contribution in [3.05, 3.63) is 59.1 Å². The van der Waals surface area contributed by atoms with Gasteiger partial charge in [-0.05, 0) is 36.6 Å². The van der Waals surface area contributed by atoms with Gasteiger partial charge in [-0.25, -0.2) is 8.42 Å². The van der Waals surface area contributed by atoms with Gasteiger partial charge in [0.2, 0.25) is 0 Å². The van der Waals surface area contributed by atoms with Gasteiger partial charge in [-0.1, -0.05) is 41.9 Å². The summed E-state index contributed by atoms with van der Waals surface area (Å²) < 4.78 is 24.5. The summed E-state index contributed by atoms with van der Waals surface area (Å²) in [6, 6.07) is 14.3. The molecule has 0 aliphatic rings. The number of nitrogen functional groups attached to an aromatic ring is 1. The van der Waals surface area contributed by atoms with Gasteiger partial charge in [0.05, 0.1) is 16.3 Å². The van der Waals surface area contributed by atoms with Crippen molar-refractivity contribution < 1.29 is 8.42 Å². The van der Waals surface area contributed by atoms with Gasteiger partial charge in [0.15, 0.2) is 9.84 Å². The molecule has 0 amide bonds. The molecule has 0 spiro atoms. The Morgan fingerprint density at radius 1 is 1.05 bits per heavy atom. The molecule has 0 radical (unpaired) electrons. The Kier molecular flexibility index (Phi) is 4.68. The molecule has 106 valence electrons. The van der Waals surface area contributed by atoms with Crippen molar-refractivity contribution in [2.45, 2.75) is 17.7 Å². The molecule has 2 aromatic rings. The van der Waals surface area contributed by atoms with Crippen molar-refractivity contribution in [3.63, 3.8) is 0 Å².